The number of nitrogens with two attached hydrogens (primary N) is 1. The summed E-state index contributed by atoms with van der Waals surface area (Å²) in [6, 6.07) is 15.4. The molecular weight excluding hydrogens is 595 g/mol. The normalized spacial score (nSPS) is 22.9. The van der Waals surface area contributed by atoms with E-state index < -0.39 is 47.1 Å². The van der Waals surface area contributed by atoms with E-state index in [1.165, 1.54) is 12.1 Å². The maximum atomic E-state index is 15.7. The first-order valence-electron chi connectivity index (χ1n) is 14.3. The third-order valence-corrected chi connectivity index (χ3v) is 8.66. The maximum Gasteiger partial charge on any atom is 0.310 e. The molecule has 5 atom stereocenters. The monoisotopic (exact) mass is 633 g/mol. The number of nitrogens with one attached hydrogen (secondary N) is 2. The Morgan fingerprint density at radius 1 is 1.14 bits per heavy atom. The molecule has 0 aromatic heterocycles. The van der Waals surface area contributed by atoms with Gasteiger partial charge in [0.15, 0.2) is 0 Å². The van der Waals surface area contributed by atoms with Crippen LogP contribution >= 0.6 is 23.2 Å². The number of anilines is 1. The average Bonchev–Trinajstić information content (AvgIpc) is 3.19. The molecule has 1 fully saturated rings. The average molecular weight is 635 g/mol. The van der Waals surface area contributed by atoms with Gasteiger partial charge in [0.25, 0.3) is 0 Å². The van der Waals surface area contributed by atoms with Crippen LogP contribution in [-0.2, 0) is 15.1 Å². The highest BCUT2D eigenvalue weighted by Crippen LogP contribution is 2.49. The number of hydrogen-bond donors (Lipinski definition) is 4. The largest absolute Gasteiger partial charge is 0.481 e. The van der Waals surface area contributed by atoms with Crippen LogP contribution in [0.4, 0.5) is 14.5 Å². The van der Waals surface area contributed by atoms with Crippen molar-refractivity contribution >= 4 is 34.9 Å². The lowest BCUT2D eigenvalue weighted by Crippen LogP contribution is -2.52. The molecule has 1 aliphatic rings. The summed E-state index contributed by atoms with van der Waals surface area (Å²) >= 11 is 12.3. The van der Waals surface area contributed by atoms with Crippen LogP contribution < -0.4 is 16.4 Å². The Morgan fingerprint density at radius 2 is 1.84 bits per heavy atom. The van der Waals surface area contributed by atoms with Gasteiger partial charge in [-0.05, 0) is 59.7 Å². The molecule has 3 aromatic carbocycles. The third kappa shape index (κ3) is 7.32. The minimum absolute atomic E-state index is 0.0475. The van der Waals surface area contributed by atoms with Gasteiger partial charge in [-0.15, -0.1) is 0 Å². The predicted molar refractivity (Wildman–Crippen MR) is 168 cm³/mol. The van der Waals surface area contributed by atoms with Crippen molar-refractivity contribution in [3.05, 3.63) is 99.0 Å². The summed E-state index contributed by atoms with van der Waals surface area (Å²) in [5.74, 6) is -3.34. The molecule has 0 radical (unpaired) electrons. The van der Waals surface area contributed by atoms with Crippen molar-refractivity contribution in [2.75, 3.05) is 18.7 Å². The summed E-state index contributed by atoms with van der Waals surface area (Å²) in [7, 11) is 0. The van der Waals surface area contributed by atoms with E-state index in [0.29, 0.717) is 12.8 Å². The highest BCUT2D eigenvalue weighted by Gasteiger charge is 2.56. The Morgan fingerprint density at radius 3 is 2.44 bits per heavy atom. The first kappa shape index (κ1) is 33.1. The van der Waals surface area contributed by atoms with Crippen LogP contribution in [0.3, 0.4) is 0 Å². The molecule has 0 aliphatic carbocycles. The van der Waals surface area contributed by atoms with E-state index in [2.05, 4.69) is 31.4 Å². The number of rotatable bonds is 11. The second kappa shape index (κ2) is 13.5. The summed E-state index contributed by atoms with van der Waals surface area (Å²) in [6.45, 7) is 8.30. The molecule has 1 saturated heterocycles. The first-order valence-corrected chi connectivity index (χ1v) is 15.1. The van der Waals surface area contributed by atoms with E-state index in [1.54, 1.807) is 48.5 Å². The number of ether oxygens (including phenoxy) is 1. The molecule has 6 nitrogen and oxygen atoms in total. The smallest absolute Gasteiger partial charge is 0.310 e. The van der Waals surface area contributed by atoms with Gasteiger partial charge in [0.1, 0.15) is 18.4 Å². The van der Waals surface area contributed by atoms with Crippen molar-refractivity contribution in [2.24, 2.45) is 11.1 Å². The minimum atomic E-state index is -1.37. The van der Waals surface area contributed by atoms with Gasteiger partial charge in [-0.25, -0.2) is 8.78 Å². The summed E-state index contributed by atoms with van der Waals surface area (Å²) in [6.07, 6.45) is 1.06. The maximum absolute atomic E-state index is 15.7. The summed E-state index contributed by atoms with van der Waals surface area (Å²) in [5, 5.41) is 16.4. The number of carbonyl (C=O) groups is 1. The Bertz CT molecular complexity index is 1430. The number of carboxylic acids is 1. The Kier molecular flexibility index (Phi) is 10.4. The molecule has 43 heavy (non-hydrogen) atoms. The number of benzene rings is 3. The van der Waals surface area contributed by atoms with Gasteiger partial charge in [0.05, 0.1) is 23.1 Å². The molecule has 0 amide bonds. The van der Waals surface area contributed by atoms with Crippen molar-refractivity contribution in [3.8, 4) is 0 Å². The van der Waals surface area contributed by atoms with Crippen molar-refractivity contribution in [1.82, 2.24) is 5.32 Å². The van der Waals surface area contributed by atoms with Gasteiger partial charge in [-0.2, -0.15) is 0 Å². The molecule has 0 unspecified atom stereocenters. The molecule has 0 saturated carbocycles. The van der Waals surface area contributed by atoms with Crippen LogP contribution in [0.5, 0.6) is 0 Å². The summed E-state index contributed by atoms with van der Waals surface area (Å²) < 4.78 is 37.3. The number of hydrogen-bond acceptors (Lipinski definition) is 5. The fourth-order valence-corrected chi connectivity index (χ4v) is 6.50. The van der Waals surface area contributed by atoms with Gasteiger partial charge in [0.2, 0.25) is 0 Å². The second-order valence-electron chi connectivity index (χ2n) is 12.4. The van der Waals surface area contributed by atoms with Gasteiger partial charge >= 0.3 is 5.97 Å². The summed E-state index contributed by atoms with van der Waals surface area (Å²) in [5.41, 5.74) is 7.69. The number of aliphatic carboxylic acids is 1. The zero-order chi connectivity index (χ0) is 31.5. The van der Waals surface area contributed by atoms with E-state index >= 15 is 8.78 Å². The lowest BCUT2D eigenvalue weighted by molar-refractivity contribution is -0.138. The third-order valence-electron chi connectivity index (χ3n) is 8.13. The van der Waals surface area contributed by atoms with Gasteiger partial charge in [-0.1, -0.05) is 81.2 Å². The quantitative estimate of drug-likeness (QED) is 0.128. The lowest BCUT2D eigenvalue weighted by Gasteiger charge is -2.40. The van der Waals surface area contributed by atoms with E-state index in [-0.39, 0.29) is 39.9 Å². The number of halogens is 4. The molecule has 4 rings (SSSR count). The van der Waals surface area contributed by atoms with Crippen molar-refractivity contribution in [2.45, 2.75) is 70.0 Å². The van der Waals surface area contributed by atoms with E-state index in [4.69, 9.17) is 33.7 Å². The van der Waals surface area contributed by atoms with Crippen LogP contribution in [0.1, 0.15) is 69.1 Å². The van der Waals surface area contributed by atoms with Crippen molar-refractivity contribution < 1.29 is 23.4 Å². The van der Waals surface area contributed by atoms with Crippen LogP contribution in [0.15, 0.2) is 60.7 Å². The molecule has 3 aromatic rings. The summed E-state index contributed by atoms with van der Waals surface area (Å²) in [4.78, 5) is 11.5. The molecule has 0 bridgehead atoms. The zero-order valence-electron chi connectivity index (χ0n) is 24.8. The standard InChI is InChI=1S/C33H39Cl2F2N3O3/c1-5-22(31(41)42)19-9-12-21(13-10-19)39-18-43-17-27-29(23-7-6-8-25(35)30(23)37)33(38,28(40-27)16-32(2,3)4)24-14-11-20(34)15-26(24)36/h6-15,22,27-29,39-40H,5,16-18,38H2,1-4H3,(H,41,42)/t22-,27-,28-,29-,33+/m0/s1. The molecule has 10 heteroatoms. The van der Waals surface area contributed by atoms with Crippen molar-refractivity contribution in [1.29, 1.82) is 0 Å². The fraction of sp³-hybridized carbons (Fsp3) is 0.424. The van der Waals surface area contributed by atoms with Crippen LogP contribution in [0.2, 0.25) is 10.0 Å². The zero-order valence-corrected chi connectivity index (χ0v) is 26.3. The first-order chi connectivity index (χ1) is 20.3. The van der Waals surface area contributed by atoms with Crippen LogP contribution in [0, 0.1) is 17.0 Å². The molecule has 232 valence electrons. The molecule has 1 heterocycles. The Labute approximate surface area is 261 Å². The van der Waals surface area contributed by atoms with E-state index in [0.717, 1.165) is 11.3 Å². The Hall–Kier alpha value is -2.75. The SMILES string of the molecule is CC[C@H](C(=O)O)c1ccc(NCOC[C@@H]2N[C@@H](CC(C)(C)C)[C@](N)(c3ccc(Cl)cc3F)[C@H]2c2cccc(Cl)c2F)cc1. The lowest BCUT2D eigenvalue weighted by atomic mass is 9.68. The molecule has 1 aliphatic heterocycles. The van der Waals surface area contributed by atoms with Crippen LogP contribution in [0.25, 0.3) is 0 Å². The van der Waals surface area contributed by atoms with E-state index in [1.807, 2.05) is 6.92 Å². The minimum Gasteiger partial charge on any atom is -0.481 e. The Balaban J connectivity index is 1.62. The van der Waals surface area contributed by atoms with Gasteiger partial charge in [-0.3, -0.25) is 4.79 Å². The predicted octanol–water partition coefficient (Wildman–Crippen LogP) is 7.65. The highest BCUT2D eigenvalue weighted by molar-refractivity contribution is 6.31. The molecule has 0 spiro atoms. The fourth-order valence-electron chi connectivity index (χ4n) is 6.16. The molecule has 5 N–H and O–H groups in total. The van der Waals surface area contributed by atoms with Gasteiger partial charge < -0.3 is 26.2 Å². The number of carboxylic acid groups (broad SMARTS) is 1. The molecular formula is C33H39Cl2F2N3O3. The topological polar surface area (TPSA) is 96.6 Å². The highest BCUT2D eigenvalue weighted by atomic mass is 35.5. The van der Waals surface area contributed by atoms with Crippen LogP contribution in [-0.4, -0.2) is 36.5 Å². The van der Waals surface area contributed by atoms with Gasteiger partial charge in [0, 0.05) is 34.3 Å². The second-order valence-corrected chi connectivity index (χ2v) is 13.2. The van der Waals surface area contributed by atoms with Crippen molar-refractivity contribution in [3.63, 3.8) is 0 Å². The van der Waals surface area contributed by atoms with E-state index in [9.17, 15) is 9.90 Å².